The quantitative estimate of drug-likeness (QED) is 0.814. The second-order valence-electron chi connectivity index (χ2n) is 3.68. The molecule has 0 amide bonds. The summed E-state index contributed by atoms with van der Waals surface area (Å²) in [6.45, 7) is 1.78. The first-order valence-corrected chi connectivity index (χ1v) is 5.38. The Morgan fingerprint density at radius 1 is 1.39 bits per heavy atom. The molecule has 0 aliphatic carbocycles. The largest absolute Gasteiger partial charge is 0.479 e. The fourth-order valence-corrected chi connectivity index (χ4v) is 1.38. The molecule has 1 atom stereocenters. The lowest BCUT2D eigenvalue weighted by Gasteiger charge is -2.14. The molecule has 0 saturated heterocycles. The first-order valence-electron chi connectivity index (χ1n) is 5.38. The molecular weight excluding hydrogens is 243 g/mol. The van der Waals surface area contributed by atoms with E-state index >= 15 is 0 Å². The van der Waals surface area contributed by atoms with Crippen LogP contribution in [0, 0.1) is 5.82 Å². The molecule has 0 fully saturated rings. The highest BCUT2D eigenvalue weighted by molar-refractivity contribution is 5.87. The molecule has 0 aliphatic heterocycles. The molecule has 0 saturated carbocycles. The van der Waals surface area contributed by atoms with Crippen LogP contribution in [0.2, 0.25) is 0 Å². The first-order chi connectivity index (χ1) is 8.45. The summed E-state index contributed by atoms with van der Waals surface area (Å²) >= 11 is 0. The van der Waals surface area contributed by atoms with Crippen molar-refractivity contribution in [2.24, 2.45) is 0 Å². The molecule has 0 aromatic heterocycles. The van der Waals surface area contributed by atoms with Crippen molar-refractivity contribution < 1.29 is 28.9 Å². The van der Waals surface area contributed by atoms with Crippen LogP contribution in [0.5, 0.6) is 5.75 Å². The molecule has 1 aromatic rings. The van der Waals surface area contributed by atoms with Gasteiger partial charge in [0.15, 0.2) is 17.7 Å². The normalized spacial score (nSPS) is 11.9. The van der Waals surface area contributed by atoms with Gasteiger partial charge in [0.05, 0.1) is 5.56 Å². The Morgan fingerprint density at radius 2 is 2.06 bits per heavy atom. The zero-order chi connectivity index (χ0) is 13.7. The van der Waals surface area contributed by atoms with Gasteiger partial charge in [0.25, 0.3) is 0 Å². The van der Waals surface area contributed by atoms with Crippen LogP contribution in [0.4, 0.5) is 4.39 Å². The molecule has 18 heavy (non-hydrogen) atoms. The highest BCUT2D eigenvalue weighted by Gasteiger charge is 2.20. The third-order valence-electron chi connectivity index (χ3n) is 2.27. The molecule has 0 bridgehead atoms. The average molecular weight is 256 g/mol. The Balaban J connectivity index is 2.90. The fourth-order valence-electron chi connectivity index (χ4n) is 1.38. The number of rotatable bonds is 6. The maximum Gasteiger partial charge on any atom is 0.344 e. The SMILES string of the molecule is CCCC(Oc1ccc(C(=O)O)cc1F)C(=O)O. The summed E-state index contributed by atoms with van der Waals surface area (Å²) in [6.07, 6.45) is -0.318. The highest BCUT2D eigenvalue weighted by Crippen LogP contribution is 2.21. The van der Waals surface area contributed by atoms with Crippen LogP contribution in [0.1, 0.15) is 30.1 Å². The fraction of sp³-hybridized carbons (Fsp3) is 0.333. The molecule has 1 aromatic carbocycles. The van der Waals surface area contributed by atoms with Gasteiger partial charge in [0.1, 0.15) is 0 Å². The standard InChI is InChI=1S/C12H13FO5/c1-2-3-10(12(16)17)18-9-5-4-7(11(14)15)6-8(9)13/h4-6,10H,2-3H2,1H3,(H,14,15)(H,16,17). The Labute approximate surface area is 103 Å². The van der Waals surface area contributed by atoms with E-state index in [1.54, 1.807) is 6.92 Å². The number of aromatic carboxylic acids is 1. The number of carbonyl (C=O) groups is 2. The molecule has 1 rings (SSSR count). The van der Waals surface area contributed by atoms with Gasteiger partial charge in [-0.1, -0.05) is 13.3 Å². The van der Waals surface area contributed by atoms with Crippen molar-refractivity contribution in [3.05, 3.63) is 29.6 Å². The first kappa shape index (κ1) is 14.0. The summed E-state index contributed by atoms with van der Waals surface area (Å²) in [5.41, 5.74) is -0.220. The Hall–Kier alpha value is -2.11. The summed E-state index contributed by atoms with van der Waals surface area (Å²) < 4.78 is 18.5. The lowest BCUT2D eigenvalue weighted by Crippen LogP contribution is -2.27. The van der Waals surface area contributed by atoms with E-state index in [1.807, 2.05) is 0 Å². The molecule has 1 unspecified atom stereocenters. The van der Waals surface area contributed by atoms with Gasteiger partial charge in [-0.3, -0.25) is 0 Å². The number of ether oxygens (including phenoxy) is 1. The maximum atomic E-state index is 13.5. The minimum Gasteiger partial charge on any atom is -0.479 e. The Kier molecular flexibility index (Phi) is 4.65. The van der Waals surface area contributed by atoms with Gasteiger partial charge in [-0.25, -0.2) is 14.0 Å². The number of aliphatic carboxylic acids is 1. The summed E-state index contributed by atoms with van der Waals surface area (Å²) in [5.74, 6) is -3.60. The molecule has 2 N–H and O–H groups in total. The second-order valence-corrected chi connectivity index (χ2v) is 3.68. The van der Waals surface area contributed by atoms with Crippen LogP contribution < -0.4 is 4.74 Å². The van der Waals surface area contributed by atoms with E-state index in [0.717, 1.165) is 18.2 Å². The maximum absolute atomic E-state index is 13.5. The molecule has 0 spiro atoms. The smallest absolute Gasteiger partial charge is 0.344 e. The van der Waals surface area contributed by atoms with Crippen LogP contribution in [0.3, 0.4) is 0 Å². The van der Waals surface area contributed by atoms with Crippen LogP contribution in [-0.2, 0) is 4.79 Å². The van der Waals surface area contributed by atoms with Crippen LogP contribution in [0.15, 0.2) is 18.2 Å². The zero-order valence-corrected chi connectivity index (χ0v) is 9.72. The topological polar surface area (TPSA) is 83.8 Å². The second kappa shape index (κ2) is 6.00. The van der Waals surface area contributed by atoms with Gasteiger partial charge in [0, 0.05) is 0 Å². The van der Waals surface area contributed by atoms with Crippen molar-refractivity contribution in [1.29, 1.82) is 0 Å². The zero-order valence-electron chi connectivity index (χ0n) is 9.72. The van der Waals surface area contributed by atoms with E-state index in [1.165, 1.54) is 0 Å². The predicted molar refractivity (Wildman–Crippen MR) is 60.3 cm³/mol. The van der Waals surface area contributed by atoms with Gasteiger partial charge in [-0.15, -0.1) is 0 Å². The van der Waals surface area contributed by atoms with E-state index in [2.05, 4.69) is 0 Å². The summed E-state index contributed by atoms with van der Waals surface area (Å²) in [4.78, 5) is 21.4. The van der Waals surface area contributed by atoms with Gasteiger partial charge < -0.3 is 14.9 Å². The average Bonchev–Trinajstić information content (AvgIpc) is 2.30. The van der Waals surface area contributed by atoms with Crippen LogP contribution >= 0.6 is 0 Å². The molecule has 98 valence electrons. The van der Waals surface area contributed by atoms with Crippen LogP contribution in [-0.4, -0.2) is 28.3 Å². The van der Waals surface area contributed by atoms with Crippen molar-refractivity contribution in [2.45, 2.75) is 25.9 Å². The number of hydrogen-bond donors (Lipinski definition) is 2. The van der Waals surface area contributed by atoms with Crippen molar-refractivity contribution in [2.75, 3.05) is 0 Å². The molecule has 6 heteroatoms. The lowest BCUT2D eigenvalue weighted by molar-refractivity contribution is -0.145. The van der Waals surface area contributed by atoms with Crippen molar-refractivity contribution in [1.82, 2.24) is 0 Å². The predicted octanol–water partition coefficient (Wildman–Crippen LogP) is 2.16. The Morgan fingerprint density at radius 3 is 2.50 bits per heavy atom. The van der Waals surface area contributed by atoms with Crippen molar-refractivity contribution in [3.8, 4) is 5.75 Å². The number of carboxylic acid groups (broad SMARTS) is 2. The van der Waals surface area contributed by atoms with Crippen molar-refractivity contribution >= 4 is 11.9 Å². The molecule has 5 nitrogen and oxygen atoms in total. The number of halogens is 1. The number of carboxylic acids is 2. The summed E-state index contributed by atoms with van der Waals surface area (Å²) in [5, 5.41) is 17.5. The van der Waals surface area contributed by atoms with E-state index in [0.29, 0.717) is 6.42 Å². The lowest BCUT2D eigenvalue weighted by atomic mass is 10.2. The van der Waals surface area contributed by atoms with Crippen LogP contribution in [0.25, 0.3) is 0 Å². The number of benzene rings is 1. The summed E-state index contributed by atoms with van der Waals surface area (Å²) in [7, 11) is 0. The number of hydrogen-bond acceptors (Lipinski definition) is 3. The third-order valence-corrected chi connectivity index (χ3v) is 2.27. The summed E-state index contributed by atoms with van der Waals surface area (Å²) in [6, 6.07) is 3.07. The Bertz CT molecular complexity index is 458. The van der Waals surface area contributed by atoms with E-state index in [9.17, 15) is 14.0 Å². The molecule has 0 radical (unpaired) electrons. The van der Waals surface area contributed by atoms with E-state index < -0.39 is 23.9 Å². The van der Waals surface area contributed by atoms with E-state index in [4.69, 9.17) is 14.9 Å². The molecular formula is C12H13FO5. The minimum absolute atomic E-state index is 0.220. The third kappa shape index (κ3) is 3.44. The molecule has 0 heterocycles. The monoisotopic (exact) mass is 256 g/mol. The van der Waals surface area contributed by atoms with Crippen molar-refractivity contribution in [3.63, 3.8) is 0 Å². The highest BCUT2D eigenvalue weighted by atomic mass is 19.1. The van der Waals surface area contributed by atoms with Gasteiger partial charge in [-0.05, 0) is 24.6 Å². The van der Waals surface area contributed by atoms with Gasteiger partial charge in [0.2, 0.25) is 0 Å². The van der Waals surface area contributed by atoms with Gasteiger partial charge in [-0.2, -0.15) is 0 Å². The molecule has 0 aliphatic rings. The minimum atomic E-state index is -1.26. The van der Waals surface area contributed by atoms with Gasteiger partial charge >= 0.3 is 11.9 Å². The van der Waals surface area contributed by atoms with E-state index in [-0.39, 0.29) is 17.7 Å².